The third kappa shape index (κ3) is 7.35. The van der Waals surface area contributed by atoms with E-state index in [1.165, 1.54) is 12.1 Å². The van der Waals surface area contributed by atoms with Crippen molar-refractivity contribution in [2.24, 2.45) is 5.73 Å². The van der Waals surface area contributed by atoms with E-state index in [0.29, 0.717) is 25.3 Å². The van der Waals surface area contributed by atoms with Crippen molar-refractivity contribution in [3.8, 4) is 5.75 Å². The van der Waals surface area contributed by atoms with E-state index in [1.54, 1.807) is 12.1 Å². The van der Waals surface area contributed by atoms with Crippen LogP contribution < -0.4 is 15.8 Å². The van der Waals surface area contributed by atoms with E-state index >= 15 is 0 Å². The average molecular weight is 344 g/mol. The highest BCUT2D eigenvalue weighted by atomic mass is 19.1. The molecule has 2 rings (SSSR count). The summed E-state index contributed by atoms with van der Waals surface area (Å²) in [5.74, 6) is 0.160. The lowest BCUT2D eigenvalue weighted by Gasteiger charge is -2.09. The predicted octanol–water partition coefficient (Wildman–Crippen LogP) is 4.25. The highest BCUT2D eigenvalue weighted by Crippen LogP contribution is 2.16. The maximum atomic E-state index is 13.1. The average Bonchev–Trinajstić information content (AvgIpc) is 2.60. The zero-order valence-electron chi connectivity index (χ0n) is 14.3. The number of nitrogens with two attached hydrogens (primary N) is 1. The van der Waals surface area contributed by atoms with Crippen LogP contribution in [0, 0.1) is 5.82 Å². The SMILES string of the molecule is NCCCCCCC(=O)Nc1cccc(COc2cccc(F)c2)c1. The third-order valence-corrected chi connectivity index (χ3v) is 3.77. The molecule has 4 nitrogen and oxygen atoms in total. The molecule has 0 spiro atoms. The lowest BCUT2D eigenvalue weighted by Crippen LogP contribution is -2.11. The Morgan fingerprint density at radius 2 is 1.84 bits per heavy atom. The minimum Gasteiger partial charge on any atom is -0.489 e. The molecule has 5 heteroatoms. The van der Waals surface area contributed by atoms with E-state index < -0.39 is 0 Å². The van der Waals surface area contributed by atoms with Gasteiger partial charge in [-0.3, -0.25) is 4.79 Å². The fraction of sp³-hybridized carbons (Fsp3) is 0.350. The predicted molar refractivity (Wildman–Crippen MR) is 97.9 cm³/mol. The van der Waals surface area contributed by atoms with Gasteiger partial charge in [-0.1, -0.05) is 31.0 Å². The van der Waals surface area contributed by atoms with E-state index in [4.69, 9.17) is 10.5 Å². The molecule has 0 saturated heterocycles. The molecule has 3 N–H and O–H groups in total. The van der Waals surface area contributed by atoms with E-state index in [9.17, 15) is 9.18 Å². The van der Waals surface area contributed by atoms with Crippen molar-refractivity contribution in [1.82, 2.24) is 0 Å². The molecule has 134 valence electrons. The molecule has 0 radical (unpaired) electrons. The summed E-state index contributed by atoms with van der Waals surface area (Å²) in [6, 6.07) is 13.5. The monoisotopic (exact) mass is 344 g/mol. The standard InChI is InChI=1S/C20H25FN2O2/c21-17-8-6-10-19(14-17)25-15-16-7-5-9-18(13-16)23-20(24)11-3-1-2-4-12-22/h5-10,13-14H,1-4,11-12,15,22H2,(H,23,24). The molecule has 0 bridgehead atoms. The first kappa shape index (κ1) is 18.9. The van der Waals surface area contributed by atoms with Gasteiger partial charge in [-0.05, 0) is 49.2 Å². The Hall–Kier alpha value is -2.40. The zero-order valence-corrected chi connectivity index (χ0v) is 14.3. The van der Waals surface area contributed by atoms with Gasteiger partial charge in [0, 0.05) is 18.2 Å². The van der Waals surface area contributed by atoms with Crippen LogP contribution in [-0.2, 0) is 11.4 Å². The Morgan fingerprint density at radius 3 is 2.64 bits per heavy atom. The van der Waals surface area contributed by atoms with Gasteiger partial charge in [0.15, 0.2) is 0 Å². The lowest BCUT2D eigenvalue weighted by molar-refractivity contribution is -0.116. The number of benzene rings is 2. The van der Waals surface area contributed by atoms with Crippen molar-refractivity contribution >= 4 is 11.6 Å². The van der Waals surface area contributed by atoms with Crippen molar-refractivity contribution in [3.63, 3.8) is 0 Å². The molecule has 0 saturated carbocycles. The van der Waals surface area contributed by atoms with Gasteiger partial charge in [0.05, 0.1) is 0 Å². The third-order valence-electron chi connectivity index (χ3n) is 3.77. The van der Waals surface area contributed by atoms with Crippen LogP contribution in [0.25, 0.3) is 0 Å². The molecule has 0 heterocycles. The largest absolute Gasteiger partial charge is 0.489 e. The quantitative estimate of drug-likeness (QED) is 0.633. The molecule has 25 heavy (non-hydrogen) atoms. The summed E-state index contributed by atoms with van der Waals surface area (Å²) in [6.45, 7) is 1.02. The summed E-state index contributed by atoms with van der Waals surface area (Å²) in [4.78, 5) is 12.0. The molecule has 0 unspecified atom stereocenters. The van der Waals surface area contributed by atoms with Crippen LogP contribution >= 0.6 is 0 Å². The number of halogens is 1. The Morgan fingerprint density at radius 1 is 1.04 bits per heavy atom. The summed E-state index contributed by atoms with van der Waals surface area (Å²) in [7, 11) is 0. The molecule has 0 aliphatic rings. The minimum atomic E-state index is -0.329. The van der Waals surface area contributed by atoms with Gasteiger partial charge < -0.3 is 15.8 Å². The van der Waals surface area contributed by atoms with E-state index in [-0.39, 0.29) is 11.7 Å². The summed E-state index contributed by atoms with van der Waals surface area (Å²) in [5, 5.41) is 2.90. The van der Waals surface area contributed by atoms with Crippen LogP contribution in [0.2, 0.25) is 0 Å². The number of unbranched alkanes of at least 4 members (excludes halogenated alkanes) is 3. The van der Waals surface area contributed by atoms with Gasteiger partial charge in [-0.15, -0.1) is 0 Å². The van der Waals surface area contributed by atoms with Crippen LogP contribution in [0.15, 0.2) is 48.5 Å². The molecule has 0 aliphatic carbocycles. The second kappa shape index (κ2) is 10.5. The number of hydrogen-bond donors (Lipinski definition) is 2. The van der Waals surface area contributed by atoms with Crippen LogP contribution in [0.1, 0.15) is 37.7 Å². The van der Waals surface area contributed by atoms with Crippen molar-refractivity contribution in [1.29, 1.82) is 0 Å². The Labute approximate surface area is 148 Å². The normalized spacial score (nSPS) is 10.5. The fourth-order valence-corrected chi connectivity index (χ4v) is 2.47. The number of hydrogen-bond acceptors (Lipinski definition) is 3. The fourth-order valence-electron chi connectivity index (χ4n) is 2.47. The summed E-state index contributed by atoms with van der Waals surface area (Å²) >= 11 is 0. The van der Waals surface area contributed by atoms with Gasteiger partial charge in [0.2, 0.25) is 5.91 Å². The molecular formula is C20H25FN2O2. The topological polar surface area (TPSA) is 64.4 Å². The van der Waals surface area contributed by atoms with Crippen LogP contribution in [0.3, 0.4) is 0 Å². The molecule has 0 fully saturated rings. The van der Waals surface area contributed by atoms with Gasteiger partial charge in [-0.25, -0.2) is 4.39 Å². The maximum Gasteiger partial charge on any atom is 0.224 e. The van der Waals surface area contributed by atoms with Crippen LogP contribution in [0.5, 0.6) is 5.75 Å². The first-order chi connectivity index (χ1) is 12.2. The Bertz CT molecular complexity index is 676. The molecule has 2 aromatic rings. The van der Waals surface area contributed by atoms with E-state index in [2.05, 4.69) is 5.32 Å². The molecular weight excluding hydrogens is 319 g/mol. The number of amides is 1. The summed E-state index contributed by atoms with van der Waals surface area (Å²) in [5.41, 5.74) is 7.10. The Balaban J connectivity index is 1.79. The molecule has 0 aliphatic heterocycles. The van der Waals surface area contributed by atoms with E-state index in [1.807, 2.05) is 24.3 Å². The lowest BCUT2D eigenvalue weighted by atomic mass is 10.1. The van der Waals surface area contributed by atoms with E-state index in [0.717, 1.165) is 36.9 Å². The number of ether oxygens (including phenoxy) is 1. The first-order valence-electron chi connectivity index (χ1n) is 8.64. The van der Waals surface area contributed by atoms with Crippen molar-refractivity contribution in [3.05, 3.63) is 59.9 Å². The molecule has 2 aromatic carbocycles. The van der Waals surface area contributed by atoms with Gasteiger partial charge >= 0.3 is 0 Å². The van der Waals surface area contributed by atoms with Crippen LogP contribution in [-0.4, -0.2) is 12.5 Å². The molecule has 0 atom stereocenters. The van der Waals surface area contributed by atoms with Crippen molar-refractivity contribution in [2.45, 2.75) is 38.7 Å². The Kier molecular flexibility index (Phi) is 7.92. The highest BCUT2D eigenvalue weighted by molar-refractivity contribution is 5.90. The number of carbonyl (C=O) groups is 1. The maximum absolute atomic E-state index is 13.1. The second-order valence-corrected chi connectivity index (χ2v) is 5.95. The highest BCUT2D eigenvalue weighted by Gasteiger charge is 2.04. The minimum absolute atomic E-state index is 0.0101. The number of carbonyl (C=O) groups excluding carboxylic acids is 1. The first-order valence-corrected chi connectivity index (χ1v) is 8.64. The number of rotatable bonds is 10. The smallest absolute Gasteiger partial charge is 0.224 e. The van der Waals surface area contributed by atoms with Gasteiger partial charge in [0.25, 0.3) is 0 Å². The molecule has 0 aromatic heterocycles. The zero-order chi connectivity index (χ0) is 17.9. The van der Waals surface area contributed by atoms with Crippen molar-refractivity contribution < 1.29 is 13.9 Å². The summed E-state index contributed by atoms with van der Waals surface area (Å²) in [6.07, 6.45) is 4.47. The second-order valence-electron chi connectivity index (χ2n) is 5.95. The van der Waals surface area contributed by atoms with Gasteiger partial charge in [0.1, 0.15) is 18.2 Å². The summed E-state index contributed by atoms with van der Waals surface area (Å²) < 4.78 is 18.7. The number of nitrogens with one attached hydrogen (secondary N) is 1. The van der Waals surface area contributed by atoms with Crippen molar-refractivity contribution in [2.75, 3.05) is 11.9 Å². The number of anilines is 1. The van der Waals surface area contributed by atoms with Crippen LogP contribution in [0.4, 0.5) is 10.1 Å². The molecule has 1 amide bonds. The van der Waals surface area contributed by atoms with Gasteiger partial charge in [-0.2, -0.15) is 0 Å².